The molecule has 0 bridgehead atoms. The van der Waals surface area contributed by atoms with E-state index in [-0.39, 0.29) is 17.8 Å². The molecule has 5 rings (SSSR count). The number of halogens is 1. The summed E-state index contributed by atoms with van der Waals surface area (Å²) in [4.78, 5) is 27.5. The summed E-state index contributed by atoms with van der Waals surface area (Å²) in [5.41, 5.74) is 2.22. The van der Waals surface area contributed by atoms with Crippen LogP contribution in [0.3, 0.4) is 0 Å². The average molecular weight is 414 g/mol. The molecule has 1 unspecified atom stereocenters. The first-order chi connectivity index (χ1) is 15.2. The SMILES string of the molecule is O=C(c1cc2ccccc2cn1)N1CCCCC1Cc1ncc(-c2ccc(F)cc2)[nH]1. The van der Waals surface area contributed by atoms with E-state index in [1.807, 2.05) is 35.2 Å². The summed E-state index contributed by atoms with van der Waals surface area (Å²) in [7, 11) is 0. The van der Waals surface area contributed by atoms with Crippen molar-refractivity contribution >= 4 is 16.7 Å². The van der Waals surface area contributed by atoms with Crippen LogP contribution < -0.4 is 0 Å². The number of hydrogen-bond donors (Lipinski definition) is 1. The average Bonchev–Trinajstić information content (AvgIpc) is 3.27. The maximum atomic E-state index is 13.3. The number of carbonyl (C=O) groups is 1. The van der Waals surface area contributed by atoms with Crippen LogP contribution in [0.15, 0.2) is 67.0 Å². The first kappa shape index (κ1) is 19.4. The van der Waals surface area contributed by atoms with E-state index in [1.54, 1.807) is 24.5 Å². The molecular formula is C25H23FN4O. The van der Waals surface area contributed by atoms with Crippen molar-refractivity contribution in [1.82, 2.24) is 19.9 Å². The number of pyridine rings is 1. The van der Waals surface area contributed by atoms with Gasteiger partial charge in [-0.05, 0) is 60.5 Å². The number of carbonyl (C=O) groups excluding carboxylic acids is 1. The lowest BCUT2D eigenvalue weighted by molar-refractivity contribution is 0.0605. The third-order valence-electron chi connectivity index (χ3n) is 5.95. The first-order valence-electron chi connectivity index (χ1n) is 10.6. The number of aromatic amines is 1. The molecule has 1 fully saturated rings. The van der Waals surface area contributed by atoms with Crippen molar-refractivity contribution < 1.29 is 9.18 Å². The summed E-state index contributed by atoms with van der Waals surface area (Å²) in [6, 6.07) is 16.2. The number of amides is 1. The zero-order valence-corrected chi connectivity index (χ0v) is 17.1. The van der Waals surface area contributed by atoms with Gasteiger partial charge in [0.05, 0.1) is 11.9 Å². The van der Waals surface area contributed by atoms with Crippen LogP contribution in [0.4, 0.5) is 4.39 Å². The standard InChI is InChI=1S/C25H23FN4O/c26-20-10-8-17(9-11-20)23-16-28-24(29-23)14-21-7-3-4-12-30(21)25(31)22-13-18-5-1-2-6-19(18)15-27-22/h1-2,5-6,8-11,13,15-16,21H,3-4,7,12,14H2,(H,28,29). The number of rotatable bonds is 4. The number of piperidine rings is 1. The number of aromatic nitrogens is 3. The van der Waals surface area contributed by atoms with Gasteiger partial charge in [-0.1, -0.05) is 24.3 Å². The zero-order chi connectivity index (χ0) is 21.2. The largest absolute Gasteiger partial charge is 0.342 e. The van der Waals surface area contributed by atoms with Crippen LogP contribution in [0.5, 0.6) is 0 Å². The molecule has 6 heteroatoms. The van der Waals surface area contributed by atoms with E-state index in [4.69, 9.17) is 0 Å². The highest BCUT2D eigenvalue weighted by molar-refractivity contribution is 5.96. The van der Waals surface area contributed by atoms with Crippen molar-refractivity contribution in [3.05, 3.63) is 84.3 Å². The van der Waals surface area contributed by atoms with Gasteiger partial charge in [-0.3, -0.25) is 9.78 Å². The summed E-state index contributed by atoms with van der Waals surface area (Å²) in [5, 5.41) is 2.04. The maximum Gasteiger partial charge on any atom is 0.272 e. The Labute approximate surface area is 180 Å². The molecule has 1 atom stereocenters. The quantitative estimate of drug-likeness (QED) is 0.511. The number of nitrogens with one attached hydrogen (secondary N) is 1. The van der Waals surface area contributed by atoms with Gasteiger partial charge in [-0.2, -0.15) is 0 Å². The van der Waals surface area contributed by atoms with Gasteiger partial charge in [0.15, 0.2) is 0 Å². The van der Waals surface area contributed by atoms with E-state index >= 15 is 0 Å². The summed E-state index contributed by atoms with van der Waals surface area (Å²) >= 11 is 0. The van der Waals surface area contributed by atoms with Gasteiger partial charge < -0.3 is 9.88 Å². The Kier molecular flexibility index (Phi) is 5.20. The van der Waals surface area contributed by atoms with Crippen LogP contribution in [0.2, 0.25) is 0 Å². The summed E-state index contributed by atoms with van der Waals surface area (Å²) in [6.07, 6.45) is 7.21. The minimum absolute atomic E-state index is 0.0271. The molecule has 1 N–H and O–H groups in total. The molecule has 1 aliphatic heterocycles. The number of hydrogen-bond acceptors (Lipinski definition) is 3. The predicted octanol–water partition coefficient (Wildman–Crippen LogP) is 5.00. The first-order valence-corrected chi connectivity index (χ1v) is 10.6. The molecule has 0 saturated carbocycles. The normalized spacial score (nSPS) is 16.5. The van der Waals surface area contributed by atoms with E-state index in [2.05, 4.69) is 15.0 Å². The van der Waals surface area contributed by atoms with Crippen molar-refractivity contribution in [2.75, 3.05) is 6.54 Å². The van der Waals surface area contributed by atoms with E-state index < -0.39 is 0 Å². The lowest BCUT2D eigenvalue weighted by Gasteiger charge is -2.35. The Bertz CT molecular complexity index is 1220. The van der Waals surface area contributed by atoms with Gasteiger partial charge in [0.2, 0.25) is 0 Å². The van der Waals surface area contributed by atoms with Crippen LogP contribution >= 0.6 is 0 Å². The summed E-state index contributed by atoms with van der Waals surface area (Å²) < 4.78 is 13.2. The topological polar surface area (TPSA) is 61.9 Å². The fourth-order valence-corrected chi connectivity index (χ4v) is 4.29. The Morgan fingerprint density at radius 3 is 2.68 bits per heavy atom. The molecule has 31 heavy (non-hydrogen) atoms. The van der Waals surface area contributed by atoms with E-state index in [9.17, 15) is 9.18 Å². The number of fused-ring (bicyclic) bond motifs is 1. The van der Waals surface area contributed by atoms with E-state index in [0.29, 0.717) is 12.1 Å². The number of nitrogens with zero attached hydrogens (tertiary/aromatic N) is 3. The van der Waals surface area contributed by atoms with Crippen molar-refractivity contribution in [3.8, 4) is 11.3 Å². The maximum absolute atomic E-state index is 13.3. The lowest BCUT2D eigenvalue weighted by atomic mass is 9.98. The fraction of sp³-hybridized carbons (Fsp3) is 0.240. The zero-order valence-electron chi connectivity index (χ0n) is 17.1. The smallest absolute Gasteiger partial charge is 0.272 e. The van der Waals surface area contributed by atoms with Crippen LogP contribution in [-0.4, -0.2) is 38.3 Å². The van der Waals surface area contributed by atoms with Gasteiger partial charge in [-0.25, -0.2) is 9.37 Å². The molecule has 156 valence electrons. The number of imidazole rings is 1. The Morgan fingerprint density at radius 1 is 1.03 bits per heavy atom. The Hall–Kier alpha value is -3.54. The predicted molar refractivity (Wildman–Crippen MR) is 118 cm³/mol. The molecule has 5 nitrogen and oxygen atoms in total. The molecule has 1 saturated heterocycles. The Balaban J connectivity index is 1.35. The lowest BCUT2D eigenvalue weighted by Crippen LogP contribution is -2.45. The minimum Gasteiger partial charge on any atom is -0.342 e. The summed E-state index contributed by atoms with van der Waals surface area (Å²) in [5.74, 6) is 0.540. The monoisotopic (exact) mass is 414 g/mol. The van der Waals surface area contributed by atoms with Crippen molar-refractivity contribution in [2.24, 2.45) is 0 Å². The molecule has 0 aliphatic carbocycles. The summed E-state index contributed by atoms with van der Waals surface area (Å²) in [6.45, 7) is 0.726. The second-order valence-electron chi connectivity index (χ2n) is 8.02. The molecule has 3 heterocycles. The molecule has 0 radical (unpaired) electrons. The van der Waals surface area contributed by atoms with Crippen molar-refractivity contribution in [3.63, 3.8) is 0 Å². The van der Waals surface area contributed by atoms with Gasteiger partial charge in [0, 0.05) is 30.6 Å². The third kappa shape index (κ3) is 4.06. The molecule has 0 spiro atoms. The molecule has 1 amide bonds. The van der Waals surface area contributed by atoms with Gasteiger partial charge in [-0.15, -0.1) is 0 Å². The number of H-pyrrole nitrogens is 1. The highest BCUT2D eigenvalue weighted by atomic mass is 19.1. The van der Waals surface area contributed by atoms with E-state index in [1.165, 1.54) is 12.1 Å². The minimum atomic E-state index is -0.262. The second-order valence-corrected chi connectivity index (χ2v) is 8.02. The van der Waals surface area contributed by atoms with E-state index in [0.717, 1.165) is 53.7 Å². The molecule has 1 aliphatic rings. The molecule has 4 aromatic rings. The van der Waals surface area contributed by atoms with Crippen LogP contribution in [0.1, 0.15) is 35.6 Å². The van der Waals surface area contributed by atoms with Gasteiger partial charge >= 0.3 is 0 Å². The van der Waals surface area contributed by atoms with Crippen molar-refractivity contribution in [1.29, 1.82) is 0 Å². The number of benzene rings is 2. The van der Waals surface area contributed by atoms with Crippen molar-refractivity contribution in [2.45, 2.75) is 31.7 Å². The highest BCUT2D eigenvalue weighted by Gasteiger charge is 2.29. The molecular weight excluding hydrogens is 391 g/mol. The molecule has 2 aromatic heterocycles. The van der Waals surface area contributed by atoms with Crippen LogP contribution in [0, 0.1) is 5.82 Å². The van der Waals surface area contributed by atoms with Gasteiger partial charge in [0.25, 0.3) is 5.91 Å². The molecule has 2 aromatic carbocycles. The Morgan fingerprint density at radius 2 is 1.84 bits per heavy atom. The number of likely N-dealkylation sites (tertiary alicyclic amines) is 1. The third-order valence-corrected chi connectivity index (χ3v) is 5.95. The second kappa shape index (κ2) is 8.30. The highest BCUT2D eigenvalue weighted by Crippen LogP contribution is 2.24. The van der Waals surface area contributed by atoms with Gasteiger partial charge in [0.1, 0.15) is 17.3 Å². The van der Waals surface area contributed by atoms with Crippen LogP contribution in [0.25, 0.3) is 22.0 Å². The van der Waals surface area contributed by atoms with Crippen LogP contribution in [-0.2, 0) is 6.42 Å². The fourth-order valence-electron chi connectivity index (χ4n) is 4.29.